The second-order valence-corrected chi connectivity index (χ2v) is 10.5. The molecule has 0 unspecified atom stereocenters. The number of nitrogens with two attached hydrogens (primary N) is 2. The molecular weight excluding hydrogens is 609 g/mol. The van der Waals surface area contributed by atoms with Crippen molar-refractivity contribution in [2.45, 2.75) is 0 Å². The van der Waals surface area contributed by atoms with Crippen LogP contribution in [0, 0.1) is 11.3 Å². The maximum Gasteiger partial charge on any atom is 2.00 e. The van der Waals surface area contributed by atoms with Crippen LogP contribution in [0.15, 0.2) is 78.9 Å². The van der Waals surface area contributed by atoms with E-state index >= 15 is 0 Å². The fourth-order valence-electron chi connectivity index (χ4n) is 5.94. The van der Waals surface area contributed by atoms with E-state index in [4.69, 9.17) is 41.4 Å². The summed E-state index contributed by atoms with van der Waals surface area (Å²) in [7, 11) is 0. The number of benzene rings is 4. The van der Waals surface area contributed by atoms with E-state index in [0.29, 0.717) is 56.7 Å². The quantitative estimate of drug-likeness (QED) is 0.148. The Morgan fingerprint density at radius 1 is 0.511 bits per heavy atom. The molecule has 0 spiro atoms. The molecule has 1 radical (unpaired) electrons. The van der Waals surface area contributed by atoms with Gasteiger partial charge in [0.25, 0.3) is 0 Å². The minimum absolute atomic E-state index is 0. The summed E-state index contributed by atoms with van der Waals surface area (Å²) in [6.07, 6.45) is 0. The molecule has 0 amide bonds. The van der Waals surface area contributed by atoms with E-state index in [9.17, 15) is 5.26 Å². The molecule has 9 rings (SSSR count). The standard InChI is InChI=1S/C33H19N11.Co/c34-14-15-13-22-23(25(36)24(15)35)33-43-31-21-12-6-5-11-20(21)29(41-31)39-27-17-8-2-1-7-16(17)26(37-27)38-28-18-9-3-4-10-19(18)30(40-28)42-32(22)44-33;/h1-13H,35-36H2,(H2,37,38,39,40,41,42,43,44);/q;+2. The molecule has 213 valence electrons. The molecule has 0 saturated carbocycles. The van der Waals surface area contributed by atoms with Gasteiger partial charge in [-0.2, -0.15) is 5.26 Å². The Bertz CT molecular complexity index is 2610. The molecule has 0 aliphatic carbocycles. The number of nitriles is 1. The van der Waals surface area contributed by atoms with E-state index in [1.165, 1.54) is 0 Å². The molecule has 6 N–H and O–H groups in total. The first-order valence-corrected chi connectivity index (χ1v) is 13.8. The van der Waals surface area contributed by atoms with E-state index in [1.807, 2.05) is 72.8 Å². The van der Waals surface area contributed by atoms with Crippen LogP contribution in [0.2, 0.25) is 0 Å². The Morgan fingerprint density at radius 3 is 1.38 bits per heavy atom. The molecule has 5 heterocycles. The van der Waals surface area contributed by atoms with Gasteiger partial charge in [0, 0.05) is 38.4 Å². The molecule has 0 atom stereocenters. The van der Waals surface area contributed by atoms with Gasteiger partial charge in [-0.25, -0.2) is 29.9 Å². The van der Waals surface area contributed by atoms with Crippen molar-refractivity contribution in [2.24, 2.45) is 0 Å². The van der Waals surface area contributed by atoms with Gasteiger partial charge in [-0.1, -0.05) is 72.8 Å². The third kappa shape index (κ3) is 3.82. The summed E-state index contributed by atoms with van der Waals surface area (Å²) in [6, 6.07) is 27.3. The number of nitrogens with one attached hydrogen (secondary N) is 2. The SMILES string of the molecule is N#Cc1cc2c3nc4nc(nc5[nH]c(nc6nc(nc([nH]3)c2c(N)c1N)-c1ccccc1-6)c1ccccc51)-c1ccccc1-4.[Co+2]. The van der Waals surface area contributed by atoms with Crippen LogP contribution in [0.5, 0.6) is 0 Å². The fraction of sp³-hybridized carbons (Fsp3) is 0. The normalized spacial score (nSPS) is 11.5. The molecule has 8 bridgehead atoms. The van der Waals surface area contributed by atoms with Crippen LogP contribution in [0.1, 0.15) is 5.56 Å². The third-order valence-electron chi connectivity index (χ3n) is 8.04. The Hall–Kier alpha value is -6.16. The number of nitrogen functional groups attached to an aromatic ring is 2. The molecule has 0 fully saturated rings. The zero-order chi connectivity index (χ0) is 29.5. The summed E-state index contributed by atoms with van der Waals surface area (Å²) in [5.74, 6) is 1.91. The van der Waals surface area contributed by atoms with Crippen LogP contribution in [-0.2, 0) is 16.8 Å². The van der Waals surface area contributed by atoms with Crippen LogP contribution < -0.4 is 11.5 Å². The van der Waals surface area contributed by atoms with Crippen molar-refractivity contribution in [3.8, 4) is 51.6 Å². The van der Waals surface area contributed by atoms with Crippen LogP contribution in [0.25, 0.3) is 89.7 Å². The van der Waals surface area contributed by atoms with Crippen molar-refractivity contribution < 1.29 is 16.8 Å². The zero-order valence-corrected chi connectivity index (χ0v) is 24.2. The van der Waals surface area contributed by atoms with Gasteiger partial charge in [0.15, 0.2) is 23.3 Å². The van der Waals surface area contributed by atoms with Crippen molar-refractivity contribution in [3.05, 3.63) is 84.4 Å². The predicted molar refractivity (Wildman–Crippen MR) is 170 cm³/mol. The van der Waals surface area contributed by atoms with E-state index in [1.54, 1.807) is 6.07 Å². The van der Waals surface area contributed by atoms with Crippen LogP contribution in [0.3, 0.4) is 0 Å². The first-order chi connectivity index (χ1) is 21.6. The van der Waals surface area contributed by atoms with Crippen molar-refractivity contribution in [1.82, 2.24) is 39.9 Å². The fourth-order valence-corrected chi connectivity index (χ4v) is 5.94. The van der Waals surface area contributed by atoms with Gasteiger partial charge in [-0.3, -0.25) is 0 Å². The van der Waals surface area contributed by atoms with Crippen LogP contribution >= 0.6 is 0 Å². The van der Waals surface area contributed by atoms with Gasteiger partial charge in [-0.15, -0.1) is 0 Å². The summed E-state index contributed by atoms with van der Waals surface area (Å²) in [5.41, 5.74) is 18.9. The van der Waals surface area contributed by atoms with Gasteiger partial charge >= 0.3 is 16.8 Å². The molecule has 11 nitrogen and oxygen atoms in total. The molecule has 45 heavy (non-hydrogen) atoms. The Labute approximate surface area is 264 Å². The molecule has 2 aliphatic rings. The average molecular weight is 629 g/mol. The Kier molecular flexibility index (Phi) is 5.69. The van der Waals surface area contributed by atoms with Crippen LogP contribution in [-0.4, -0.2) is 39.9 Å². The molecule has 4 aromatic carbocycles. The number of aromatic amines is 2. The van der Waals surface area contributed by atoms with Crippen molar-refractivity contribution >= 4 is 55.5 Å². The van der Waals surface area contributed by atoms with Crippen molar-refractivity contribution in [3.63, 3.8) is 0 Å². The molecule has 12 heteroatoms. The molecule has 7 aromatic rings. The Balaban J connectivity index is 0.00000300. The number of fused-ring (bicyclic) bond motifs is 20. The van der Waals surface area contributed by atoms with E-state index in [2.05, 4.69) is 16.0 Å². The Morgan fingerprint density at radius 2 is 0.911 bits per heavy atom. The van der Waals surface area contributed by atoms with Crippen LogP contribution in [0.4, 0.5) is 11.4 Å². The second-order valence-electron chi connectivity index (χ2n) is 10.5. The van der Waals surface area contributed by atoms with E-state index in [-0.39, 0.29) is 33.7 Å². The summed E-state index contributed by atoms with van der Waals surface area (Å²) < 4.78 is 0. The minimum atomic E-state index is 0. The van der Waals surface area contributed by atoms with E-state index in [0.717, 1.165) is 33.0 Å². The summed E-state index contributed by atoms with van der Waals surface area (Å²) >= 11 is 0. The van der Waals surface area contributed by atoms with Gasteiger partial charge in [0.05, 0.1) is 22.3 Å². The van der Waals surface area contributed by atoms with Gasteiger partial charge in [0.2, 0.25) is 0 Å². The third-order valence-corrected chi connectivity index (χ3v) is 8.04. The molecule has 2 aliphatic heterocycles. The number of nitrogens with zero attached hydrogens (tertiary/aromatic N) is 7. The first-order valence-electron chi connectivity index (χ1n) is 13.8. The predicted octanol–water partition coefficient (Wildman–Crippen LogP) is 5.90. The number of aromatic nitrogens is 8. The first kappa shape index (κ1) is 26.5. The summed E-state index contributed by atoms with van der Waals surface area (Å²) in [5, 5.41) is 12.7. The maximum absolute atomic E-state index is 9.80. The van der Waals surface area contributed by atoms with Crippen molar-refractivity contribution in [2.75, 3.05) is 11.5 Å². The largest absolute Gasteiger partial charge is 2.00 e. The van der Waals surface area contributed by atoms with Gasteiger partial charge in [0.1, 0.15) is 28.7 Å². The van der Waals surface area contributed by atoms with Gasteiger partial charge < -0.3 is 21.4 Å². The topological polar surface area (TPSA) is 185 Å². The smallest absolute Gasteiger partial charge is 0.396 e. The maximum atomic E-state index is 9.80. The molecule has 0 saturated heterocycles. The van der Waals surface area contributed by atoms with E-state index < -0.39 is 0 Å². The number of rotatable bonds is 0. The minimum Gasteiger partial charge on any atom is -0.396 e. The number of hydrogen-bond acceptors (Lipinski definition) is 9. The summed E-state index contributed by atoms with van der Waals surface area (Å²) in [4.78, 5) is 36.4. The van der Waals surface area contributed by atoms with Gasteiger partial charge in [-0.05, 0) is 6.07 Å². The average Bonchev–Trinajstić information content (AvgIpc) is 3.78. The summed E-state index contributed by atoms with van der Waals surface area (Å²) in [6.45, 7) is 0. The number of hydrogen-bond donors (Lipinski definition) is 4. The number of H-pyrrole nitrogens is 2. The van der Waals surface area contributed by atoms with Crippen molar-refractivity contribution in [1.29, 1.82) is 5.26 Å². The number of anilines is 2. The molecule has 3 aromatic heterocycles. The monoisotopic (exact) mass is 628 g/mol. The second kappa shape index (κ2) is 9.68. The zero-order valence-electron chi connectivity index (χ0n) is 23.1. The molecular formula is C33H19CoN11+2.